The van der Waals surface area contributed by atoms with E-state index in [1.54, 1.807) is 14.1 Å². The maximum Gasteiger partial charge on any atom is 0.407 e. The molecule has 0 spiro atoms. The van der Waals surface area contributed by atoms with E-state index in [4.69, 9.17) is 55.5 Å². The highest BCUT2D eigenvalue weighted by atomic mass is 35.5. The van der Waals surface area contributed by atoms with Crippen LogP contribution < -0.4 is 0 Å². The summed E-state index contributed by atoms with van der Waals surface area (Å²) in [5.74, 6) is 0.406. The minimum absolute atomic E-state index is 0.0361. The smallest absolute Gasteiger partial charge is 0.295 e. The Bertz CT molecular complexity index is 239. The second kappa shape index (κ2) is 9.22. The molecule has 4 nitrogen and oxygen atoms in total. The first-order valence-corrected chi connectivity index (χ1v) is 8.26. The van der Waals surface area contributed by atoms with Gasteiger partial charge in [0.2, 0.25) is 0 Å². The summed E-state index contributed by atoms with van der Waals surface area (Å²) in [6.45, 7) is 0.0721. The Morgan fingerprint density at radius 1 is 1.06 bits per heavy atom. The molecule has 0 aromatic rings. The molecule has 0 aliphatic heterocycles. The van der Waals surface area contributed by atoms with E-state index in [1.807, 2.05) is 0 Å². The van der Waals surface area contributed by atoms with Gasteiger partial charge >= 0.3 is 7.75 Å². The van der Waals surface area contributed by atoms with E-state index in [-0.39, 0.29) is 25.0 Å². The van der Waals surface area contributed by atoms with Gasteiger partial charge in [-0.25, -0.2) is 9.24 Å². The highest BCUT2D eigenvalue weighted by molar-refractivity contribution is 7.51. The summed E-state index contributed by atoms with van der Waals surface area (Å²) in [5.41, 5.74) is 0. The van der Waals surface area contributed by atoms with Crippen LogP contribution in [0.3, 0.4) is 0 Å². The number of hydrogen-bond acceptors (Lipinski definition) is 3. The van der Waals surface area contributed by atoms with Crippen molar-refractivity contribution in [3.05, 3.63) is 0 Å². The van der Waals surface area contributed by atoms with Crippen LogP contribution >= 0.6 is 54.2 Å². The van der Waals surface area contributed by atoms with Gasteiger partial charge < -0.3 is 0 Å². The van der Waals surface area contributed by atoms with Crippen LogP contribution in [0.1, 0.15) is 0 Å². The zero-order chi connectivity index (χ0) is 13.5. The lowest BCUT2D eigenvalue weighted by Crippen LogP contribution is -2.20. The Hall–Kier alpha value is 1.27. The molecule has 0 aliphatic rings. The maximum absolute atomic E-state index is 12.2. The van der Waals surface area contributed by atoms with Crippen molar-refractivity contribution in [1.82, 2.24) is 4.67 Å². The molecular formula is C8H16Cl4NO3P. The van der Waals surface area contributed by atoms with Crippen molar-refractivity contribution in [3.8, 4) is 0 Å². The van der Waals surface area contributed by atoms with Crippen molar-refractivity contribution in [2.45, 2.75) is 10.8 Å². The summed E-state index contributed by atoms with van der Waals surface area (Å²) >= 11 is 22.6. The predicted octanol–water partition coefficient (Wildman–Crippen LogP) is 3.38. The molecule has 2 atom stereocenters. The first-order chi connectivity index (χ1) is 7.85. The zero-order valence-corrected chi connectivity index (χ0v) is 13.5. The Morgan fingerprint density at radius 2 is 1.41 bits per heavy atom. The molecule has 0 saturated carbocycles. The van der Waals surface area contributed by atoms with Gasteiger partial charge in [0.05, 0.1) is 24.0 Å². The summed E-state index contributed by atoms with van der Waals surface area (Å²) in [5, 5.41) is -0.846. The molecule has 0 aromatic heterocycles. The molecule has 0 bridgehead atoms. The molecule has 0 radical (unpaired) electrons. The van der Waals surface area contributed by atoms with E-state index in [0.29, 0.717) is 0 Å². The molecule has 2 unspecified atom stereocenters. The standard InChI is InChI=1S/C8H16Cl4NO3P/c1-13(2)17(14,15-5-7(11)3-9)16-6-8(12)4-10/h7-8H,3-6H2,1-2H3. The van der Waals surface area contributed by atoms with Crippen LogP contribution in [0.2, 0.25) is 0 Å². The minimum atomic E-state index is -3.38. The molecule has 0 rings (SSSR count). The van der Waals surface area contributed by atoms with E-state index in [2.05, 4.69) is 0 Å². The van der Waals surface area contributed by atoms with Gasteiger partial charge in [-0.05, 0) is 14.1 Å². The van der Waals surface area contributed by atoms with Gasteiger partial charge in [0, 0.05) is 11.8 Å². The van der Waals surface area contributed by atoms with E-state index in [9.17, 15) is 4.57 Å². The Morgan fingerprint density at radius 3 is 1.65 bits per heavy atom. The maximum atomic E-state index is 12.2. The zero-order valence-electron chi connectivity index (χ0n) is 9.61. The molecule has 0 saturated heterocycles. The molecule has 17 heavy (non-hydrogen) atoms. The molecule has 0 aromatic carbocycles. The van der Waals surface area contributed by atoms with Crippen molar-refractivity contribution in [2.24, 2.45) is 0 Å². The van der Waals surface area contributed by atoms with Crippen LogP contribution in [0.4, 0.5) is 0 Å². The fraction of sp³-hybridized carbons (Fsp3) is 1.00. The van der Waals surface area contributed by atoms with Crippen LogP contribution in [0.25, 0.3) is 0 Å². The van der Waals surface area contributed by atoms with Crippen molar-refractivity contribution >= 4 is 54.2 Å². The molecule has 0 aliphatic carbocycles. The summed E-state index contributed by atoms with van der Waals surface area (Å²) in [4.78, 5) is 0. The number of rotatable bonds is 9. The van der Waals surface area contributed by atoms with Crippen LogP contribution in [-0.4, -0.2) is 54.5 Å². The second-order valence-electron chi connectivity index (χ2n) is 3.41. The fourth-order valence-corrected chi connectivity index (χ4v) is 2.46. The SMILES string of the molecule is CN(C)P(=O)(OCC(Cl)CCl)OCC(Cl)CCl. The van der Waals surface area contributed by atoms with Gasteiger partial charge in [-0.2, -0.15) is 0 Å². The topological polar surface area (TPSA) is 38.8 Å². The largest absolute Gasteiger partial charge is 0.407 e. The molecule has 0 heterocycles. The van der Waals surface area contributed by atoms with Crippen LogP contribution in [0, 0.1) is 0 Å². The Balaban J connectivity index is 4.31. The van der Waals surface area contributed by atoms with E-state index in [0.717, 1.165) is 0 Å². The predicted molar refractivity (Wildman–Crippen MR) is 73.9 cm³/mol. The minimum Gasteiger partial charge on any atom is -0.295 e. The van der Waals surface area contributed by atoms with E-state index < -0.39 is 18.5 Å². The summed E-state index contributed by atoms with van der Waals surface area (Å²) in [7, 11) is -0.222. The lowest BCUT2D eigenvalue weighted by molar-refractivity contribution is 0.174. The summed E-state index contributed by atoms with van der Waals surface area (Å²) in [6, 6.07) is 0. The highest BCUT2D eigenvalue weighted by Gasteiger charge is 2.29. The molecule has 104 valence electrons. The quantitative estimate of drug-likeness (QED) is 0.474. The van der Waals surface area contributed by atoms with Gasteiger partial charge in [-0.3, -0.25) is 9.05 Å². The molecule has 0 amide bonds. The monoisotopic (exact) mass is 345 g/mol. The first-order valence-electron chi connectivity index (χ1n) is 4.82. The third kappa shape index (κ3) is 7.44. The average Bonchev–Trinajstić information content (AvgIpc) is 2.32. The average molecular weight is 347 g/mol. The van der Waals surface area contributed by atoms with Crippen LogP contribution in [0.5, 0.6) is 0 Å². The van der Waals surface area contributed by atoms with Crippen molar-refractivity contribution < 1.29 is 13.6 Å². The van der Waals surface area contributed by atoms with Crippen molar-refractivity contribution in [1.29, 1.82) is 0 Å². The van der Waals surface area contributed by atoms with Gasteiger partial charge in [0.25, 0.3) is 0 Å². The number of halogens is 4. The van der Waals surface area contributed by atoms with E-state index in [1.165, 1.54) is 4.67 Å². The Kier molecular flexibility index (Phi) is 9.91. The normalized spacial score (nSPS) is 19.0. The third-order valence-corrected chi connectivity index (χ3v) is 5.21. The van der Waals surface area contributed by atoms with Gasteiger partial charge in [0.1, 0.15) is 0 Å². The molecule has 0 fully saturated rings. The summed E-state index contributed by atoms with van der Waals surface area (Å²) < 4.78 is 23.9. The van der Waals surface area contributed by atoms with Gasteiger partial charge in [0.15, 0.2) is 0 Å². The van der Waals surface area contributed by atoms with Gasteiger partial charge in [-0.15, -0.1) is 46.4 Å². The number of hydrogen-bond donors (Lipinski definition) is 0. The molecular weight excluding hydrogens is 331 g/mol. The Labute approximate surface area is 122 Å². The van der Waals surface area contributed by atoms with E-state index >= 15 is 0 Å². The highest BCUT2D eigenvalue weighted by Crippen LogP contribution is 2.50. The lowest BCUT2D eigenvalue weighted by atomic mass is 10.5. The third-order valence-electron chi connectivity index (χ3n) is 1.66. The summed E-state index contributed by atoms with van der Waals surface area (Å²) in [6.07, 6.45) is 0. The lowest BCUT2D eigenvalue weighted by Gasteiger charge is -2.25. The van der Waals surface area contributed by atoms with Crippen molar-refractivity contribution in [2.75, 3.05) is 39.1 Å². The number of alkyl halides is 4. The molecule has 9 heteroatoms. The van der Waals surface area contributed by atoms with Crippen molar-refractivity contribution in [3.63, 3.8) is 0 Å². The first kappa shape index (κ1) is 18.3. The number of nitrogens with zero attached hydrogens (tertiary/aromatic N) is 1. The van der Waals surface area contributed by atoms with Gasteiger partial charge in [-0.1, -0.05) is 0 Å². The molecule has 0 N–H and O–H groups in total. The van der Waals surface area contributed by atoms with Crippen LogP contribution in [-0.2, 0) is 13.6 Å². The fourth-order valence-electron chi connectivity index (χ4n) is 0.707. The van der Waals surface area contributed by atoms with Crippen LogP contribution in [0.15, 0.2) is 0 Å². The second-order valence-corrected chi connectivity index (χ2v) is 7.52.